The summed E-state index contributed by atoms with van der Waals surface area (Å²) in [6.07, 6.45) is 2.16. The van der Waals surface area contributed by atoms with Crippen molar-refractivity contribution in [3.63, 3.8) is 0 Å². The summed E-state index contributed by atoms with van der Waals surface area (Å²) in [6, 6.07) is 7.74. The van der Waals surface area contributed by atoms with Crippen LogP contribution < -0.4 is 10.6 Å². The number of carbonyl (C=O) groups is 1. The standard InChI is InChI=1S/C15H18N4O2/c1-9(2)16-12-6-4-3-5-11(12)13(20)17-15-19-18-14(21-15)10-7-8-10/h3-6,9-10,16H,7-8H2,1-2H3,(H,17,19,20). The Morgan fingerprint density at radius 3 is 2.76 bits per heavy atom. The number of anilines is 2. The number of benzene rings is 1. The van der Waals surface area contributed by atoms with Crippen molar-refractivity contribution in [3.05, 3.63) is 35.7 Å². The van der Waals surface area contributed by atoms with Crippen molar-refractivity contribution in [3.8, 4) is 0 Å². The van der Waals surface area contributed by atoms with Crippen LogP contribution >= 0.6 is 0 Å². The largest absolute Gasteiger partial charge is 0.408 e. The molecule has 2 aromatic rings. The molecule has 1 heterocycles. The fourth-order valence-electron chi connectivity index (χ4n) is 2.06. The third-order valence-corrected chi connectivity index (χ3v) is 3.20. The van der Waals surface area contributed by atoms with Crippen LogP contribution in [0.25, 0.3) is 0 Å². The van der Waals surface area contributed by atoms with Gasteiger partial charge < -0.3 is 9.73 Å². The van der Waals surface area contributed by atoms with Crippen LogP contribution in [0.3, 0.4) is 0 Å². The first-order valence-corrected chi connectivity index (χ1v) is 7.14. The highest BCUT2D eigenvalue weighted by molar-refractivity contribution is 6.07. The first-order chi connectivity index (χ1) is 10.1. The molecule has 1 amide bonds. The summed E-state index contributed by atoms with van der Waals surface area (Å²) >= 11 is 0. The molecule has 0 unspecified atom stereocenters. The molecule has 0 aliphatic heterocycles. The van der Waals surface area contributed by atoms with Crippen LogP contribution in [0.5, 0.6) is 0 Å². The number of rotatable bonds is 5. The van der Waals surface area contributed by atoms with Gasteiger partial charge in [-0.1, -0.05) is 17.2 Å². The Morgan fingerprint density at radius 2 is 2.05 bits per heavy atom. The van der Waals surface area contributed by atoms with E-state index in [0.717, 1.165) is 18.5 Å². The number of nitrogens with one attached hydrogen (secondary N) is 2. The highest BCUT2D eigenvalue weighted by Crippen LogP contribution is 2.39. The normalized spacial score (nSPS) is 14.2. The molecule has 0 bridgehead atoms. The Kier molecular flexibility index (Phi) is 3.60. The van der Waals surface area contributed by atoms with Gasteiger partial charge in [0.05, 0.1) is 5.56 Å². The molecule has 6 nitrogen and oxygen atoms in total. The maximum atomic E-state index is 12.3. The van der Waals surface area contributed by atoms with E-state index in [2.05, 4.69) is 20.8 Å². The molecule has 0 saturated heterocycles. The van der Waals surface area contributed by atoms with Crippen LogP contribution in [-0.2, 0) is 0 Å². The number of hydrogen-bond acceptors (Lipinski definition) is 5. The minimum absolute atomic E-state index is 0.154. The molecule has 1 aliphatic rings. The van der Waals surface area contributed by atoms with Gasteiger partial charge in [-0.05, 0) is 38.8 Å². The lowest BCUT2D eigenvalue weighted by atomic mass is 10.1. The lowest BCUT2D eigenvalue weighted by molar-refractivity contribution is 0.102. The van der Waals surface area contributed by atoms with Crippen LogP contribution in [0.2, 0.25) is 0 Å². The van der Waals surface area contributed by atoms with Crippen LogP contribution in [-0.4, -0.2) is 22.1 Å². The molecule has 0 spiro atoms. The fraction of sp³-hybridized carbons (Fsp3) is 0.400. The monoisotopic (exact) mass is 286 g/mol. The maximum Gasteiger partial charge on any atom is 0.322 e. The highest BCUT2D eigenvalue weighted by Gasteiger charge is 2.29. The molecular weight excluding hydrogens is 268 g/mol. The third kappa shape index (κ3) is 3.21. The zero-order valence-corrected chi connectivity index (χ0v) is 12.1. The second kappa shape index (κ2) is 5.55. The van der Waals surface area contributed by atoms with Gasteiger partial charge in [-0.15, -0.1) is 5.10 Å². The van der Waals surface area contributed by atoms with E-state index in [9.17, 15) is 4.79 Å². The van der Waals surface area contributed by atoms with Crippen LogP contribution in [0.4, 0.5) is 11.7 Å². The Labute approximate surface area is 123 Å². The molecule has 0 radical (unpaired) electrons. The molecule has 110 valence electrons. The van der Waals surface area contributed by atoms with Gasteiger partial charge in [-0.3, -0.25) is 10.1 Å². The summed E-state index contributed by atoms with van der Waals surface area (Å²) in [4.78, 5) is 12.3. The molecule has 21 heavy (non-hydrogen) atoms. The van der Waals surface area contributed by atoms with Gasteiger partial charge >= 0.3 is 6.01 Å². The molecule has 1 aromatic heterocycles. The minimum atomic E-state index is -0.259. The first kappa shape index (κ1) is 13.6. The average Bonchev–Trinajstić information content (AvgIpc) is 3.19. The Morgan fingerprint density at radius 1 is 1.29 bits per heavy atom. The predicted molar refractivity (Wildman–Crippen MR) is 79.4 cm³/mol. The SMILES string of the molecule is CC(C)Nc1ccccc1C(=O)Nc1nnc(C2CC2)o1. The van der Waals surface area contributed by atoms with Gasteiger partial charge in [0.1, 0.15) is 0 Å². The zero-order valence-electron chi connectivity index (χ0n) is 12.1. The van der Waals surface area contributed by atoms with Gasteiger partial charge in [0, 0.05) is 17.6 Å². The van der Waals surface area contributed by atoms with Gasteiger partial charge in [0.2, 0.25) is 5.89 Å². The number of aromatic nitrogens is 2. The minimum Gasteiger partial charge on any atom is -0.408 e. The molecule has 6 heteroatoms. The van der Waals surface area contributed by atoms with Gasteiger partial charge in [-0.25, -0.2) is 0 Å². The molecule has 1 saturated carbocycles. The van der Waals surface area contributed by atoms with E-state index < -0.39 is 0 Å². The van der Waals surface area contributed by atoms with E-state index in [-0.39, 0.29) is 18.0 Å². The lowest BCUT2D eigenvalue weighted by Gasteiger charge is -2.13. The first-order valence-electron chi connectivity index (χ1n) is 7.14. The summed E-state index contributed by atoms with van der Waals surface area (Å²) in [5.41, 5.74) is 1.34. The van der Waals surface area contributed by atoms with E-state index in [1.807, 2.05) is 32.0 Å². The van der Waals surface area contributed by atoms with Gasteiger partial charge in [-0.2, -0.15) is 0 Å². The second-order valence-electron chi connectivity index (χ2n) is 5.52. The van der Waals surface area contributed by atoms with Gasteiger partial charge in [0.15, 0.2) is 0 Å². The zero-order chi connectivity index (χ0) is 14.8. The second-order valence-corrected chi connectivity index (χ2v) is 5.52. The van der Waals surface area contributed by atoms with E-state index in [1.54, 1.807) is 6.07 Å². The number of hydrogen-bond donors (Lipinski definition) is 2. The number of amides is 1. The Balaban J connectivity index is 1.74. The predicted octanol–water partition coefficient (Wildman–Crippen LogP) is 3.02. The van der Waals surface area contributed by atoms with E-state index in [1.165, 1.54) is 0 Å². The molecule has 1 aromatic carbocycles. The van der Waals surface area contributed by atoms with Crippen molar-refractivity contribution in [2.75, 3.05) is 10.6 Å². The van der Waals surface area contributed by atoms with E-state index in [4.69, 9.17) is 4.42 Å². The molecule has 0 atom stereocenters. The van der Waals surface area contributed by atoms with Crippen LogP contribution in [0.15, 0.2) is 28.7 Å². The quantitative estimate of drug-likeness (QED) is 0.883. The molecular formula is C15H18N4O2. The lowest BCUT2D eigenvalue weighted by Crippen LogP contribution is -2.17. The average molecular weight is 286 g/mol. The maximum absolute atomic E-state index is 12.3. The number of para-hydroxylation sites is 1. The Hall–Kier alpha value is -2.37. The summed E-state index contributed by atoms with van der Waals surface area (Å²) in [5.74, 6) is 0.724. The van der Waals surface area contributed by atoms with Crippen molar-refractivity contribution in [1.82, 2.24) is 10.2 Å². The number of nitrogens with zero attached hydrogens (tertiary/aromatic N) is 2. The molecule has 2 N–H and O–H groups in total. The molecule has 1 aliphatic carbocycles. The molecule has 1 fully saturated rings. The fourth-order valence-corrected chi connectivity index (χ4v) is 2.06. The summed E-state index contributed by atoms with van der Waals surface area (Å²) in [5, 5.41) is 13.7. The van der Waals surface area contributed by atoms with Crippen molar-refractivity contribution >= 4 is 17.6 Å². The van der Waals surface area contributed by atoms with Crippen molar-refractivity contribution in [2.24, 2.45) is 0 Å². The van der Waals surface area contributed by atoms with Crippen molar-refractivity contribution in [1.29, 1.82) is 0 Å². The van der Waals surface area contributed by atoms with Crippen LogP contribution in [0, 0.1) is 0 Å². The molecule has 3 rings (SSSR count). The Bertz CT molecular complexity index is 647. The van der Waals surface area contributed by atoms with Crippen LogP contribution in [0.1, 0.15) is 48.9 Å². The summed E-state index contributed by atoms with van der Waals surface area (Å²) in [7, 11) is 0. The topological polar surface area (TPSA) is 80.0 Å². The van der Waals surface area contributed by atoms with E-state index in [0.29, 0.717) is 17.4 Å². The third-order valence-electron chi connectivity index (χ3n) is 3.20. The smallest absolute Gasteiger partial charge is 0.322 e. The van der Waals surface area contributed by atoms with Crippen molar-refractivity contribution in [2.45, 2.75) is 38.6 Å². The highest BCUT2D eigenvalue weighted by atomic mass is 16.4. The van der Waals surface area contributed by atoms with Crippen molar-refractivity contribution < 1.29 is 9.21 Å². The number of carbonyl (C=O) groups excluding carboxylic acids is 1. The van der Waals surface area contributed by atoms with E-state index >= 15 is 0 Å². The van der Waals surface area contributed by atoms with Gasteiger partial charge in [0.25, 0.3) is 5.91 Å². The summed E-state index contributed by atoms with van der Waals surface area (Å²) in [6.45, 7) is 4.04. The summed E-state index contributed by atoms with van der Waals surface area (Å²) < 4.78 is 5.45.